The molecule has 2 heterocycles. The molecule has 1 N–H and O–H groups in total. The fourth-order valence-corrected chi connectivity index (χ4v) is 3.25. The quantitative estimate of drug-likeness (QED) is 0.845. The molecule has 7 heteroatoms. The van der Waals surface area contributed by atoms with Crippen molar-refractivity contribution < 1.29 is 14.3 Å². The van der Waals surface area contributed by atoms with Crippen molar-refractivity contribution in [2.24, 2.45) is 0 Å². The molecule has 1 aliphatic rings. The third-order valence-corrected chi connectivity index (χ3v) is 4.90. The molecule has 1 fully saturated rings. The summed E-state index contributed by atoms with van der Waals surface area (Å²) in [7, 11) is 1.34. The molecule has 0 bridgehead atoms. The zero-order chi connectivity index (χ0) is 16.3. The highest BCUT2D eigenvalue weighted by molar-refractivity contribution is 7.09. The summed E-state index contributed by atoms with van der Waals surface area (Å²) < 4.78 is 4.69. The zero-order valence-electron chi connectivity index (χ0n) is 13.5. The van der Waals surface area contributed by atoms with Gasteiger partial charge in [-0.25, -0.2) is 4.98 Å². The number of hydrogen-bond donors (Lipinski definition) is 1. The number of hydrogen-bond acceptors (Lipinski definition) is 6. The van der Waals surface area contributed by atoms with E-state index in [0.29, 0.717) is 19.6 Å². The van der Waals surface area contributed by atoms with Crippen LogP contribution in [0.5, 0.6) is 0 Å². The van der Waals surface area contributed by atoms with Gasteiger partial charge in [-0.3, -0.25) is 14.5 Å². The minimum Gasteiger partial charge on any atom is -0.469 e. The molecule has 1 amide bonds. The summed E-state index contributed by atoms with van der Waals surface area (Å²) in [4.78, 5) is 30.2. The molecule has 122 valence electrons. The minimum absolute atomic E-state index is 0.0214. The number of thiazole rings is 1. The van der Waals surface area contributed by atoms with Crippen LogP contribution in [0.2, 0.25) is 0 Å². The van der Waals surface area contributed by atoms with E-state index < -0.39 is 6.04 Å². The van der Waals surface area contributed by atoms with Crippen LogP contribution in [0.4, 0.5) is 0 Å². The zero-order valence-corrected chi connectivity index (χ0v) is 14.3. The van der Waals surface area contributed by atoms with Crippen LogP contribution in [-0.4, -0.2) is 48.0 Å². The first-order valence-electron chi connectivity index (χ1n) is 7.34. The fourth-order valence-electron chi connectivity index (χ4n) is 2.35. The normalized spacial score (nSPS) is 19.8. The number of aromatic nitrogens is 1. The number of piperazine rings is 1. The molecule has 2 rings (SSSR count). The first kappa shape index (κ1) is 16.9. The number of carbonyl (C=O) groups is 2. The van der Waals surface area contributed by atoms with E-state index in [1.807, 2.05) is 10.3 Å². The highest BCUT2D eigenvalue weighted by Crippen LogP contribution is 2.26. The predicted molar refractivity (Wildman–Crippen MR) is 84.7 cm³/mol. The Labute approximate surface area is 134 Å². The van der Waals surface area contributed by atoms with Crippen LogP contribution in [-0.2, 0) is 26.3 Å². The Hall–Kier alpha value is -1.47. The first-order valence-corrected chi connectivity index (χ1v) is 8.22. The Morgan fingerprint density at radius 1 is 1.55 bits per heavy atom. The van der Waals surface area contributed by atoms with Crippen LogP contribution < -0.4 is 5.32 Å². The lowest BCUT2D eigenvalue weighted by Gasteiger charge is -2.33. The summed E-state index contributed by atoms with van der Waals surface area (Å²) in [6, 6.07) is -0.485. The maximum Gasteiger partial charge on any atom is 0.307 e. The van der Waals surface area contributed by atoms with Crippen molar-refractivity contribution in [2.45, 2.75) is 45.2 Å². The summed E-state index contributed by atoms with van der Waals surface area (Å²) in [6.07, 6.45) is 0.0681. The maximum atomic E-state index is 12.0. The van der Waals surface area contributed by atoms with Gasteiger partial charge in [0.2, 0.25) is 5.91 Å². The summed E-state index contributed by atoms with van der Waals surface area (Å²) >= 11 is 1.64. The fraction of sp³-hybridized carbons (Fsp3) is 0.667. The molecule has 1 saturated heterocycles. The van der Waals surface area contributed by atoms with Crippen molar-refractivity contribution >= 4 is 23.2 Å². The van der Waals surface area contributed by atoms with Crippen molar-refractivity contribution in [3.05, 3.63) is 16.1 Å². The van der Waals surface area contributed by atoms with Gasteiger partial charge in [0.05, 0.1) is 24.2 Å². The highest BCUT2D eigenvalue weighted by Gasteiger charge is 2.32. The van der Waals surface area contributed by atoms with Crippen molar-refractivity contribution in [3.8, 4) is 0 Å². The first-order chi connectivity index (χ1) is 10.3. The number of methoxy groups -OCH3 is 1. The van der Waals surface area contributed by atoms with E-state index in [9.17, 15) is 9.59 Å². The second-order valence-corrected chi connectivity index (χ2v) is 7.31. The Bertz CT molecular complexity index is 550. The molecule has 0 spiro atoms. The number of amides is 1. The number of nitrogens with one attached hydrogen (secondary N) is 1. The van der Waals surface area contributed by atoms with Crippen LogP contribution >= 0.6 is 11.3 Å². The van der Waals surface area contributed by atoms with E-state index in [1.165, 1.54) is 7.11 Å². The Morgan fingerprint density at radius 3 is 2.86 bits per heavy atom. The Morgan fingerprint density at radius 2 is 2.27 bits per heavy atom. The second kappa shape index (κ2) is 6.75. The third kappa shape index (κ3) is 4.04. The number of carbonyl (C=O) groups excluding carboxylic acids is 2. The molecule has 0 aliphatic carbocycles. The topological polar surface area (TPSA) is 71.5 Å². The largest absolute Gasteiger partial charge is 0.469 e. The molecular formula is C15H23N3O3S. The number of rotatable bonds is 4. The van der Waals surface area contributed by atoms with Crippen molar-refractivity contribution in [1.29, 1.82) is 0 Å². The van der Waals surface area contributed by atoms with E-state index in [0.717, 1.165) is 10.7 Å². The predicted octanol–water partition coefficient (Wildman–Crippen LogP) is 1.30. The summed E-state index contributed by atoms with van der Waals surface area (Å²) in [5.41, 5.74) is 0.965. The standard InChI is InChI=1S/C15H23N3O3S/c1-15(2,3)14-17-10(9-22-14)8-18-6-5-16-13(20)11(18)7-12(19)21-4/h9,11H,5-8H2,1-4H3,(H,16,20)/t11-/m1/s1. The van der Waals surface area contributed by atoms with Gasteiger partial charge in [0, 0.05) is 30.4 Å². The Kier molecular flexibility index (Phi) is 5.18. The smallest absolute Gasteiger partial charge is 0.307 e. The molecule has 1 aliphatic heterocycles. The van der Waals surface area contributed by atoms with E-state index in [1.54, 1.807) is 11.3 Å². The molecule has 0 unspecified atom stereocenters. The van der Waals surface area contributed by atoms with E-state index in [4.69, 9.17) is 0 Å². The molecule has 0 radical (unpaired) electrons. The van der Waals surface area contributed by atoms with E-state index in [-0.39, 0.29) is 23.7 Å². The number of esters is 1. The second-order valence-electron chi connectivity index (χ2n) is 6.45. The average Bonchev–Trinajstić information content (AvgIpc) is 2.91. The van der Waals surface area contributed by atoms with Gasteiger partial charge >= 0.3 is 5.97 Å². The molecule has 0 aromatic carbocycles. The van der Waals surface area contributed by atoms with Crippen LogP contribution in [0, 0.1) is 0 Å². The van der Waals surface area contributed by atoms with Gasteiger partial charge in [0.1, 0.15) is 6.04 Å². The monoisotopic (exact) mass is 325 g/mol. The number of nitrogens with zero attached hydrogens (tertiary/aromatic N) is 2. The maximum absolute atomic E-state index is 12.0. The van der Waals surface area contributed by atoms with Gasteiger partial charge in [0.15, 0.2) is 0 Å². The molecule has 1 aromatic rings. The van der Waals surface area contributed by atoms with E-state index >= 15 is 0 Å². The van der Waals surface area contributed by atoms with E-state index in [2.05, 4.69) is 35.8 Å². The number of ether oxygens (including phenoxy) is 1. The lowest BCUT2D eigenvalue weighted by Crippen LogP contribution is -2.55. The average molecular weight is 325 g/mol. The van der Waals surface area contributed by atoms with Crippen LogP contribution in [0.1, 0.15) is 37.9 Å². The summed E-state index contributed by atoms with van der Waals surface area (Å²) in [5.74, 6) is -0.497. The molecule has 22 heavy (non-hydrogen) atoms. The molecule has 6 nitrogen and oxygen atoms in total. The minimum atomic E-state index is -0.485. The molecule has 1 atom stereocenters. The van der Waals surface area contributed by atoms with Gasteiger partial charge < -0.3 is 10.1 Å². The summed E-state index contributed by atoms with van der Waals surface area (Å²) in [5, 5.41) is 5.91. The van der Waals surface area contributed by atoms with Crippen LogP contribution in [0.3, 0.4) is 0 Å². The summed E-state index contributed by atoms with van der Waals surface area (Å²) in [6.45, 7) is 8.25. The van der Waals surface area contributed by atoms with Gasteiger partial charge in [0.25, 0.3) is 0 Å². The van der Waals surface area contributed by atoms with Gasteiger partial charge in [-0.2, -0.15) is 0 Å². The van der Waals surface area contributed by atoms with Gasteiger partial charge in [-0.05, 0) is 0 Å². The van der Waals surface area contributed by atoms with Crippen molar-refractivity contribution in [1.82, 2.24) is 15.2 Å². The molecule has 0 saturated carbocycles. The highest BCUT2D eigenvalue weighted by atomic mass is 32.1. The lowest BCUT2D eigenvalue weighted by atomic mass is 9.98. The van der Waals surface area contributed by atoms with Crippen LogP contribution in [0.25, 0.3) is 0 Å². The van der Waals surface area contributed by atoms with Crippen molar-refractivity contribution in [3.63, 3.8) is 0 Å². The molecular weight excluding hydrogens is 302 g/mol. The molecule has 1 aromatic heterocycles. The Balaban J connectivity index is 2.09. The third-order valence-electron chi connectivity index (χ3n) is 3.59. The van der Waals surface area contributed by atoms with Gasteiger partial charge in [-0.15, -0.1) is 11.3 Å². The SMILES string of the molecule is COC(=O)C[C@@H]1C(=O)NCCN1Cc1csc(C(C)(C)C)n1. The van der Waals surface area contributed by atoms with Gasteiger partial charge in [-0.1, -0.05) is 20.8 Å². The van der Waals surface area contributed by atoms with Crippen molar-refractivity contribution in [2.75, 3.05) is 20.2 Å². The van der Waals surface area contributed by atoms with Crippen LogP contribution in [0.15, 0.2) is 5.38 Å². The lowest BCUT2D eigenvalue weighted by molar-refractivity contribution is -0.146.